The summed E-state index contributed by atoms with van der Waals surface area (Å²) >= 11 is 0. The molecule has 0 aliphatic carbocycles. The van der Waals surface area contributed by atoms with E-state index in [2.05, 4.69) is 121 Å². The number of rotatable bonds is 25. The van der Waals surface area contributed by atoms with Gasteiger partial charge in [0.25, 0.3) is 0 Å². The van der Waals surface area contributed by atoms with Gasteiger partial charge in [0.05, 0.1) is 6.61 Å². The fraction of sp³-hybridized carbons (Fsp3) is 0.755. The Kier molecular flexibility index (Phi) is 20.1. The van der Waals surface area contributed by atoms with Gasteiger partial charge in [-0.2, -0.15) is 0 Å². The molecule has 2 aromatic rings. The second-order valence-electron chi connectivity index (χ2n) is 19.6. The lowest BCUT2D eigenvalue weighted by Gasteiger charge is -2.39. The topological polar surface area (TPSA) is 38.7 Å². The standard InChI is InChI=1S/C49H85O3P/c1-15-18-21-22-23-24-25-26-27-30-35-51-53(50)52-42-32-31-39(48(11,12)33-28-19-16-2)44(45(42)49(13,14)34-29-20-17-3)43-40(46(5,6)7)36-38(4)37-41(43)47(8,9)10/h31-32,36-37,50H,15-30,33-35H2,1-14H3. The molecule has 0 aliphatic rings. The Morgan fingerprint density at radius 1 is 0.528 bits per heavy atom. The van der Waals surface area contributed by atoms with Gasteiger partial charge in [0.2, 0.25) is 0 Å². The molecule has 0 aromatic heterocycles. The summed E-state index contributed by atoms with van der Waals surface area (Å²) in [4.78, 5) is 11.4. The van der Waals surface area contributed by atoms with Crippen molar-refractivity contribution >= 4 is 8.60 Å². The minimum Gasteiger partial charge on any atom is -0.427 e. The van der Waals surface area contributed by atoms with E-state index in [1.807, 2.05) is 0 Å². The summed E-state index contributed by atoms with van der Waals surface area (Å²) in [5, 5.41) is 0. The predicted octanol–water partition coefficient (Wildman–Crippen LogP) is 16.5. The number of unbranched alkanes of at least 4 members (excludes halogenated alkanes) is 13. The molecule has 0 heterocycles. The summed E-state index contributed by atoms with van der Waals surface area (Å²) in [6.45, 7) is 33.6. The highest BCUT2D eigenvalue weighted by Gasteiger charge is 2.38. The molecule has 0 saturated carbocycles. The maximum Gasteiger partial charge on any atom is 0.394 e. The van der Waals surface area contributed by atoms with Crippen molar-refractivity contribution < 1.29 is 13.9 Å². The van der Waals surface area contributed by atoms with Gasteiger partial charge >= 0.3 is 8.60 Å². The molecule has 0 fully saturated rings. The van der Waals surface area contributed by atoms with Gasteiger partial charge in [0, 0.05) is 5.56 Å². The zero-order chi connectivity index (χ0) is 39.9. The first kappa shape index (κ1) is 47.7. The molecular formula is C49H85O3P. The lowest BCUT2D eigenvalue weighted by atomic mass is 9.65. The van der Waals surface area contributed by atoms with Gasteiger partial charge in [0.1, 0.15) is 5.75 Å². The minimum absolute atomic E-state index is 0.0531. The van der Waals surface area contributed by atoms with Gasteiger partial charge in [-0.3, -0.25) is 0 Å². The number of hydrogen-bond donors (Lipinski definition) is 1. The maximum absolute atomic E-state index is 11.4. The monoisotopic (exact) mass is 753 g/mol. The highest BCUT2D eigenvalue weighted by atomic mass is 31.2. The quantitative estimate of drug-likeness (QED) is 0.0811. The van der Waals surface area contributed by atoms with Crippen LogP contribution in [0.2, 0.25) is 0 Å². The number of hydrogen-bond acceptors (Lipinski definition) is 3. The van der Waals surface area contributed by atoms with Crippen molar-refractivity contribution in [3.63, 3.8) is 0 Å². The Balaban J connectivity index is 2.71. The van der Waals surface area contributed by atoms with Gasteiger partial charge in [-0.25, -0.2) is 0 Å². The molecule has 3 nitrogen and oxygen atoms in total. The van der Waals surface area contributed by atoms with E-state index in [9.17, 15) is 4.89 Å². The number of benzene rings is 2. The first-order chi connectivity index (χ1) is 24.8. The van der Waals surface area contributed by atoms with Crippen molar-refractivity contribution in [2.45, 2.75) is 234 Å². The molecule has 304 valence electrons. The van der Waals surface area contributed by atoms with Gasteiger partial charge in [-0.05, 0) is 81.7 Å². The van der Waals surface area contributed by atoms with Crippen LogP contribution in [0.25, 0.3) is 11.1 Å². The smallest absolute Gasteiger partial charge is 0.394 e. The van der Waals surface area contributed by atoms with Gasteiger partial charge in [0.15, 0.2) is 0 Å². The van der Waals surface area contributed by atoms with Crippen LogP contribution in [0.15, 0.2) is 24.3 Å². The molecule has 0 aliphatic heterocycles. The first-order valence-corrected chi connectivity index (χ1v) is 23.1. The van der Waals surface area contributed by atoms with Crippen LogP contribution in [0.5, 0.6) is 5.75 Å². The van der Waals surface area contributed by atoms with Crippen LogP contribution in [-0.4, -0.2) is 11.5 Å². The average Bonchev–Trinajstić information content (AvgIpc) is 3.05. The Morgan fingerprint density at radius 3 is 1.43 bits per heavy atom. The third kappa shape index (κ3) is 15.2. The molecule has 1 N–H and O–H groups in total. The minimum atomic E-state index is -2.07. The van der Waals surface area contributed by atoms with Crippen LogP contribution in [0, 0.1) is 6.92 Å². The molecule has 0 bridgehead atoms. The first-order valence-electron chi connectivity index (χ1n) is 22.0. The largest absolute Gasteiger partial charge is 0.427 e. The van der Waals surface area contributed by atoms with E-state index in [4.69, 9.17) is 9.05 Å². The van der Waals surface area contributed by atoms with Gasteiger partial charge in [-0.15, -0.1) is 0 Å². The van der Waals surface area contributed by atoms with Crippen LogP contribution in [-0.2, 0) is 26.2 Å². The van der Waals surface area contributed by atoms with E-state index in [1.165, 1.54) is 122 Å². The lowest BCUT2D eigenvalue weighted by Crippen LogP contribution is -2.27. The van der Waals surface area contributed by atoms with E-state index in [-0.39, 0.29) is 21.7 Å². The molecule has 0 spiro atoms. The van der Waals surface area contributed by atoms with Crippen LogP contribution in [0.1, 0.15) is 233 Å². The molecule has 53 heavy (non-hydrogen) atoms. The molecule has 1 atom stereocenters. The molecule has 2 rings (SSSR count). The lowest BCUT2D eigenvalue weighted by molar-refractivity contribution is 0.251. The third-order valence-corrected chi connectivity index (χ3v) is 12.2. The highest BCUT2D eigenvalue weighted by molar-refractivity contribution is 7.41. The second kappa shape index (κ2) is 22.4. The van der Waals surface area contributed by atoms with Crippen molar-refractivity contribution in [2.75, 3.05) is 6.61 Å². The SMILES string of the molecule is CCCCCCCCCCCCOP(O)Oc1ccc(C(C)(C)CCCCC)c(-c2c(C(C)(C)C)cc(C)cc2C(C)(C)C)c1C(C)(C)CCCCC. The van der Waals surface area contributed by atoms with Crippen molar-refractivity contribution in [3.8, 4) is 16.9 Å². The summed E-state index contributed by atoms with van der Waals surface area (Å²) in [5.41, 5.74) is 9.01. The Morgan fingerprint density at radius 2 is 0.962 bits per heavy atom. The van der Waals surface area contributed by atoms with Crippen molar-refractivity contribution in [3.05, 3.63) is 52.1 Å². The Labute approximate surface area is 331 Å². The van der Waals surface area contributed by atoms with Crippen LogP contribution < -0.4 is 4.52 Å². The van der Waals surface area contributed by atoms with E-state index >= 15 is 0 Å². The van der Waals surface area contributed by atoms with E-state index in [0.29, 0.717) is 6.61 Å². The summed E-state index contributed by atoms with van der Waals surface area (Å²) in [6, 6.07) is 9.39. The van der Waals surface area contributed by atoms with Crippen molar-refractivity contribution in [1.29, 1.82) is 0 Å². The summed E-state index contributed by atoms with van der Waals surface area (Å²) < 4.78 is 12.7. The summed E-state index contributed by atoms with van der Waals surface area (Å²) in [6.07, 6.45) is 22.1. The Hall–Kier alpha value is -1.41. The zero-order valence-corrected chi connectivity index (χ0v) is 38.3. The molecular weight excluding hydrogens is 668 g/mol. The maximum atomic E-state index is 11.4. The summed E-state index contributed by atoms with van der Waals surface area (Å²) in [5.74, 6) is 0.784. The van der Waals surface area contributed by atoms with Gasteiger partial charge in [-0.1, -0.05) is 210 Å². The average molecular weight is 753 g/mol. The van der Waals surface area contributed by atoms with Crippen molar-refractivity contribution in [1.82, 2.24) is 0 Å². The molecule has 0 radical (unpaired) electrons. The Bertz CT molecular complexity index is 1310. The molecule has 0 saturated heterocycles. The molecule has 4 heteroatoms. The van der Waals surface area contributed by atoms with E-state index in [1.54, 1.807) is 0 Å². The van der Waals surface area contributed by atoms with Crippen LogP contribution in [0.4, 0.5) is 0 Å². The van der Waals surface area contributed by atoms with Crippen LogP contribution >= 0.6 is 8.60 Å². The predicted molar refractivity (Wildman–Crippen MR) is 236 cm³/mol. The fourth-order valence-electron chi connectivity index (χ4n) is 8.13. The number of aryl methyl sites for hydroxylation is 1. The normalized spacial score (nSPS) is 13.5. The molecule has 1 unspecified atom stereocenters. The van der Waals surface area contributed by atoms with E-state index < -0.39 is 8.60 Å². The zero-order valence-electron chi connectivity index (χ0n) is 37.5. The fourth-order valence-corrected chi connectivity index (χ4v) is 8.79. The third-order valence-electron chi connectivity index (χ3n) is 11.4. The van der Waals surface area contributed by atoms with Crippen molar-refractivity contribution in [2.24, 2.45) is 0 Å². The highest BCUT2D eigenvalue weighted by Crippen LogP contribution is 2.54. The second-order valence-corrected chi connectivity index (χ2v) is 20.5. The molecule has 0 amide bonds. The molecule has 2 aromatic carbocycles. The summed E-state index contributed by atoms with van der Waals surface area (Å²) in [7, 11) is -2.07. The van der Waals surface area contributed by atoms with E-state index in [0.717, 1.165) is 37.9 Å². The van der Waals surface area contributed by atoms with Crippen LogP contribution in [0.3, 0.4) is 0 Å². The van der Waals surface area contributed by atoms with Gasteiger partial charge < -0.3 is 13.9 Å².